The van der Waals surface area contributed by atoms with Crippen molar-refractivity contribution in [2.24, 2.45) is 0 Å². The molecule has 0 unspecified atom stereocenters. The van der Waals surface area contributed by atoms with E-state index < -0.39 is 0 Å². The Morgan fingerprint density at radius 1 is 1.03 bits per heavy atom. The lowest BCUT2D eigenvalue weighted by Gasteiger charge is -2.11. The summed E-state index contributed by atoms with van der Waals surface area (Å²) in [5, 5.41) is 13.7. The Labute approximate surface area is 203 Å². The molecular weight excluding hydrogens is 442 g/mol. The number of carbonyl (C=O) groups is 1. The largest absolute Gasteiger partial charge is 0.494 e. The zero-order chi connectivity index (χ0) is 24.6. The molecule has 3 aromatic carbocycles. The van der Waals surface area contributed by atoms with E-state index in [1.807, 2.05) is 62.4 Å². The van der Waals surface area contributed by atoms with Gasteiger partial charge in [0.15, 0.2) is 0 Å². The lowest BCUT2D eigenvalue weighted by molar-refractivity contribution is -0.108. The highest BCUT2D eigenvalue weighted by Gasteiger charge is 2.17. The highest BCUT2D eigenvalue weighted by atomic mass is 16.5. The summed E-state index contributed by atoms with van der Waals surface area (Å²) < 4.78 is 17.0. The molecule has 0 bridgehead atoms. The van der Waals surface area contributed by atoms with Gasteiger partial charge in [-0.3, -0.25) is 0 Å². The number of hydrogen-bond acceptors (Lipinski definition) is 7. The van der Waals surface area contributed by atoms with Crippen LogP contribution in [0.2, 0.25) is 0 Å². The summed E-state index contributed by atoms with van der Waals surface area (Å²) in [7, 11) is 0. The van der Waals surface area contributed by atoms with Crippen molar-refractivity contribution < 1.29 is 18.8 Å². The normalized spacial score (nSPS) is 10.7. The second-order valence-corrected chi connectivity index (χ2v) is 8.14. The minimum absolute atomic E-state index is 0.0419. The van der Waals surface area contributed by atoms with E-state index >= 15 is 0 Å². The summed E-state index contributed by atoms with van der Waals surface area (Å²) in [6, 6.07) is 22.9. The van der Waals surface area contributed by atoms with Crippen molar-refractivity contribution in [3.8, 4) is 51.5 Å². The summed E-state index contributed by atoms with van der Waals surface area (Å²) in [4.78, 5) is 15.1. The molecule has 0 aliphatic heterocycles. The van der Waals surface area contributed by atoms with Gasteiger partial charge in [-0.15, -0.1) is 0 Å². The van der Waals surface area contributed by atoms with Crippen LogP contribution >= 0.6 is 0 Å². The van der Waals surface area contributed by atoms with Crippen molar-refractivity contribution in [1.29, 1.82) is 5.26 Å². The van der Waals surface area contributed by atoms with E-state index in [9.17, 15) is 10.1 Å². The smallest absolute Gasteiger partial charge is 0.258 e. The Kier molecular flexibility index (Phi) is 7.53. The topological polar surface area (TPSA) is 98.2 Å². The van der Waals surface area contributed by atoms with E-state index in [1.54, 1.807) is 18.2 Å². The van der Waals surface area contributed by atoms with Crippen LogP contribution in [0.5, 0.6) is 11.5 Å². The van der Waals surface area contributed by atoms with Crippen molar-refractivity contribution >= 4 is 6.29 Å². The predicted octanol–water partition coefficient (Wildman–Crippen LogP) is 6.09. The van der Waals surface area contributed by atoms with Crippen LogP contribution in [0.15, 0.2) is 71.3 Å². The average Bonchev–Trinajstić information content (AvgIpc) is 3.37. The van der Waals surface area contributed by atoms with Crippen molar-refractivity contribution in [3.05, 3.63) is 72.3 Å². The molecule has 1 aromatic heterocycles. The van der Waals surface area contributed by atoms with Gasteiger partial charge >= 0.3 is 0 Å². The van der Waals surface area contributed by atoms with Crippen molar-refractivity contribution in [1.82, 2.24) is 10.1 Å². The second-order valence-electron chi connectivity index (χ2n) is 8.14. The molecule has 4 aromatic rings. The van der Waals surface area contributed by atoms with Crippen LogP contribution in [0.3, 0.4) is 0 Å². The molecule has 0 N–H and O–H groups in total. The standard InChI is InChI=1S/C28H25N3O4/c1-19(2)34-26-13-12-21(16-22(26)18-29)28-30-27(31-35-28)25-11-4-3-10-24(25)20-8-7-9-23(17-20)33-15-6-5-14-32/h3-4,7-14,16-17,19H,5-6,15H2,1-2H3. The lowest BCUT2D eigenvalue weighted by Crippen LogP contribution is -2.06. The van der Waals surface area contributed by atoms with Gasteiger partial charge in [0.1, 0.15) is 23.9 Å². The van der Waals surface area contributed by atoms with Crippen molar-refractivity contribution in [2.45, 2.75) is 32.8 Å². The number of aromatic nitrogens is 2. The Hall–Kier alpha value is -4.44. The number of ether oxygens (including phenoxy) is 2. The summed E-state index contributed by atoms with van der Waals surface area (Å²) >= 11 is 0. The van der Waals surface area contributed by atoms with Gasteiger partial charge in [0.2, 0.25) is 5.82 Å². The highest BCUT2D eigenvalue weighted by Crippen LogP contribution is 2.34. The van der Waals surface area contributed by atoms with Gasteiger partial charge in [-0.25, -0.2) is 0 Å². The number of unbranched alkanes of at least 4 members (excludes halogenated alkanes) is 1. The lowest BCUT2D eigenvalue weighted by atomic mass is 9.99. The predicted molar refractivity (Wildman–Crippen MR) is 132 cm³/mol. The fraction of sp³-hybridized carbons (Fsp3) is 0.214. The molecule has 0 atom stereocenters. The molecule has 0 aliphatic rings. The molecule has 4 rings (SSSR count). The van der Waals surface area contributed by atoms with E-state index in [0.717, 1.165) is 28.7 Å². The molecule has 176 valence electrons. The van der Waals surface area contributed by atoms with Crippen LogP contribution in [-0.2, 0) is 4.79 Å². The molecule has 0 spiro atoms. The zero-order valence-electron chi connectivity index (χ0n) is 19.6. The molecular formula is C28H25N3O4. The third-order valence-corrected chi connectivity index (χ3v) is 5.18. The molecule has 0 saturated carbocycles. The number of aldehydes is 1. The third-order valence-electron chi connectivity index (χ3n) is 5.18. The van der Waals surface area contributed by atoms with Crippen LogP contribution in [0.1, 0.15) is 32.3 Å². The third kappa shape index (κ3) is 5.74. The maximum Gasteiger partial charge on any atom is 0.258 e. The maximum absolute atomic E-state index is 10.5. The number of hydrogen-bond donors (Lipinski definition) is 0. The van der Waals surface area contributed by atoms with Crippen molar-refractivity contribution in [2.75, 3.05) is 6.61 Å². The average molecular weight is 468 g/mol. The summed E-state index contributed by atoms with van der Waals surface area (Å²) in [5.41, 5.74) is 3.72. The van der Waals surface area contributed by atoms with E-state index in [0.29, 0.717) is 48.0 Å². The minimum atomic E-state index is -0.0419. The molecule has 7 heteroatoms. The van der Waals surface area contributed by atoms with Gasteiger partial charge in [0.05, 0.1) is 18.3 Å². The van der Waals surface area contributed by atoms with Gasteiger partial charge in [0.25, 0.3) is 5.89 Å². The van der Waals surface area contributed by atoms with Gasteiger partial charge in [-0.2, -0.15) is 10.2 Å². The van der Waals surface area contributed by atoms with Crippen LogP contribution in [0.4, 0.5) is 0 Å². The van der Waals surface area contributed by atoms with Crippen LogP contribution in [0, 0.1) is 11.3 Å². The first-order chi connectivity index (χ1) is 17.1. The van der Waals surface area contributed by atoms with Gasteiger partial charge in [-0.1, -0.05) is 41.6 Å². The van der Waals surface area contributed by atoms with E-state index in [-0.39, 0.29) is 6.10 Å². The highest BCUT2D eigenvalue weighted by molar-refractivity contribution is 5.81. The van der Waals surface area contributed by atoms with Crippen LogP contribution < -0.4 is 9.47 Å². The Morgan fingerprint density at radius 2 is 1.86 bits per heavy atom. The SMILES string of the molecule is CC(C)Oc1ccc(-c2nc(-c3ccccc3-c3cccc(OCCCC=O)c3)no2)cc1C#N. The molecule has 1 heterocycles. The molecule has 35 heavy (non-hydrogen) atoms. The zero-order valence-corrected chi connectivity index (χ0v) is 19.6. The summed E-state index contributed by atoms with van der Waals surface area (Å²) in [5.74, 6) is 2.00. The van der Waals surface area contributed by atoms with Gasteiger partial charge < -0.3 is 18.8 Å². The second kappa shape index (κ2) is 11.1. The maximum atomic E-state index is 10.5. The fourth-order valence-corrected chi connectivity index (χ4v) is 3.60. The Bertz CT molecular complexity index is 1350. The number of rotatable bonds is 10. The molecule has 0 radical (unpaired) electrons. The Morgan fingerprint density at radius 3 is 2.63 bits per heavy atom. The monoisotopic (exact) mass is 467 g/mol. The van der Waals surface area contributed by atoms with Crippen LogP contribution in [0.25, 0.3) is 34.0 Å². The van der Waals surface area contributed by atoms with E-state index in [4.69, 9.17) is 14.0 Å². The first kappa shape index (κ1) is 23.7. The van der Waals surface area contributed by atoms with Crippen LogP contribution in [-0.4, -0.2) is 29.1 Å². The van der Waals surface area contributed by atoms with Gasteiger partial charge in [-0.05, 0) is 61.7 Å². The first-order valence-corrected chi connectivity index (χ1v) is 11.4. The molecule has 0 aliphatic carbocycles. The number of benzene rings is 3. The summed E-state index contributed by atoms with van der Waals surface area (Å²) in [6.07, 6.45) is 2.00. The molecule has 7 nitrogen and oxygen atoms in total. The van der Waals surface area contributed by atoms with E-state index in [2.05, 4.69) is 16.2 Å². The quantitative estimate of drug-likeness (QED) is 0.206. The minimum Gasteiger partial charge on any atom is -0.494 e. The van der Waals surface area contributed by atoms with Gasteiger partial charge in [0, 0.05) is 17.5 Å². The van der Waals surface area contributed by atoms with E-state index in [1.165, 1.54) is 0 Å². The molecule has 0 fully saturated rings. The number of nitriles is 1. The first-order valence-electron chi connectivity index (χ1n) is 11.4. The Balaban J connectivity index is 1.62. The van der Waals surface area contributed by atoms with Crippen molar-refractivity contribution in [3.63, 3.8) is 0 Å². The molecule has 0 saturated heterocycles. The summed E-state index contributed by atoms with van der Waals surface area (Å²) in [6.45, 7) is 4.29. The fourth-order valence-electron chi connectivity index (χ4n) is 3.60. The molecule has 0 amide bonds. The number of carbonyl (C=O) groups excluding carboxylic acids is 1. The number of nitrogens with zero attached hydrogens (tertiary/aromatic N) is 3.